The molecule has 1 fully saturated rings. The number of hydrogen-bond acceptors (Lipinski definition) is 3. The van der Waals surface area contributed by atoms with E-state index in [1.807, 2.05) is 6.07 Å². The van der Waals surface area contributed by atoms with Crippen LogP contribution in [0.25, 0.3) is 0 Å². The van der Waals surface area contributed by atoms with E-state index in [1.54, 1.807) is 12.1 Å². The highest BCUT2D eigenvalue weighted by molar-refractivity contribution is 7.89. The lowest BCUT2D eigenvalue weighted by molar-refractivity contribution is 0.313. The third-order valence-electron chi connectivity index (χ3n) is 3.85. The van der Waals surface area contributed by atoms with E-state index >= 15 is 0 Å². The normalized spacial score (nSPS) is 22.1. The van der Waals surface area contributed by atoms with Gasteiger partial charge in [0.1, 0.15) is 6.07 Å². The number of rotatable bonds is 3. The fraction of sp³-hybridized carbons (Fsp3) is 0.500. The molecule has 0 heterocycles. The molecular formula is C14H18N2O2S. The second-order valence-corrected chi connectivity index (χ2v) is 7.35. The standard InChI is InChI=1S/C14H18N2O2S/c1-14(2)9-5-8-13(14)16-19(17,18)12-7-4-3-6-11(12)10-15/h3-4,6-7,13,16H,5,8-9H2,1-2H3. The predicted molar refractivity (Wildman–Crippen MR) is 72.9 cm³/mol. The molecule has 1 aromatic carbocycles. The number of nitriles is 1. The first-order valence-electron chi connectivity index (χ1n) is 6.38. The van der Waals surface area contributed by atoms with Crippen molar-refractivity contribution in [1.82, 2.24) is 4.72 Å². The Kier molecular flexibility index (Phi) is 3.66. The fourth-order valence-electron chi connectivity index (χ4n) is 2.59. The first-order valence-corrected chi connectivity index (χ1v) is 7.86. The van der Waals surface area contributed by atoms with Crippen LogP contribution in [0.2, 0.25) is 0 Å². The maximum Gasteiger partial charge on any atom is 0.242 e. The molecule has 5 heteroatoms. The molecule has 19 heavy (non-hydrogen) atoms. The van der Waals surface area contributed by atoms with Gasteiger partial charge in [-0.25, -0.2) is 13.1 Å². The van der Waals surface area contributed by atoms with Crippen molar-refractivity contribution >= 4 is 10.0 Å². The van der Waals surface area contributed by atoms with Gasteiger partial charge in [-0.1, -0.05) is 32.4 Å². The average molecular weight is 278 g/mol. The van der Waals surface area contributed by atoms with Gasteiger partial charge in [0.05, 0.1) is 10.5 Å². The minimum atomic E-state index is -3.63. The molecule has 1 aromatic rings. The van der Waals surface area contributed by atoms with Crippen LogP contribution in [-0.2, 0) is 10.0 Å². The van der Waals surface area contributed by atoms with Gasteiger partial charge in [-0.15, -0.1) is 0 Å². The van der Waals surface area contributed by atoms with E-state index in [1.165, 1.54) is 12.1 Å². The van der Waals surface area contributed by atoms with Gasteiger partial charge >= 0.3 is 0 Å². The van der Waals surface area contributed by atoms with Crippen molar-refractivity contribution in [1.29, 1.82) is 5.26 Å². The van der Waals surface area contributed by atoms with Crippen LogP contribution in [0.15, 0.2) is 29.2 Å². The lowest BCUT2D eigenvalue weighted by Gasteiger charge is -2.27. The zero-order chi connectivity index (χ0) is 14.1. The minimum absolute atomic E-state index is 0.0331. The van der Waals surface area contributed by atoms with Crippen LogP contribution in [0.5, 0.6) is 0 Å². The van der Waals surface area contributed by atoms with Crippen LogP contribution in [0.1, 0.15) is 38.7 Å². The van der Waals surface area contributed by atoms with Crippen LogP contribution in [0.3, 0.4) is 0 Å². The lowest BCUT2D eigenvalue weighted by atomic mass is 9.88. The molecule has 1 unspecified atom stereocenters. The van der Waals surface area contributed by atoms with Crippen LogP contribution < -0.4 is 4.72 Å². The minimum Gasteiger partial charge on any atom is -0.207 e. The molecular weight excluding hydrogens is 260 g/mol. The van der Waals surface area contributed by atoms with Crippen molar-refractivity contribution in [3.05, 3.63) is 29.8 Å². The zero-order valence-corrected chi connectivity index (χ0v) is 12.0. The molecule has 0 bridgehead atoms. The molecule has 1 saturated carbocycles. The maximum atomic E-state index is 12.4. The molecule has 0 spiro atoms. The van der Waals surface area contributed by atoms with Crippen molar-refractivity contribution in [2.75, 3.05) is 0 Å². The SMILES string of the molecule is CC1(C)CCCC1NS(=O)(=O)c1ccccc1C#N. The third kappa shape index (κ3) is 2.80. The van der Waals surface area contributed by atoms with Crippen LogP contribution in [0.4, 0.5) is 0 Å². The molecule has 0 radical (unpaired) electrons. The lowest BCUT2D eigenvalue weighted by Crippen LogP contribution is -2.41. The Morgan fingerprint density at radius 3 is 2.63 bits per heavy atom. The highest BCUT2D eigenvalue weighted by Gasteiger charge is 2.37. The molecule has 0 amide bonds. The van der Waals surface area contributed by atoms with Gasteiger partial charge in [0.2, 0.25) is 10.0 Å². The Balaban J connectivity index is 2.32. The Hall–Kier alpha value is -1.38. The van der Waals surface area contributed by atoms with E-state index in [2.05, 4.69) is 18.6 Å². The van der Waals surface area contributed by atoms with Crippen molar-refractivity contribution in [2.45, 2.75) is 44.0 Å². The summed E-state index contributed by atoms with van der Waals surface area (Å²) in [5.74, 6) is 0. The summed E-state index contributed by atoms with van der Waals surface area (Å²) in [7, 11) is -3.63. The second kappa shape index (κ2) is 4.95. The summed E-state index contributed by atoms with van der Waals surface area (Å²) in [5, 5.41) is 9.00. The molecule has 1 aliphatic carbocycles. The topological polar surface area (TPSA) is 70.0 Å². The zero-order valence-electron chi connectivity index (χ0n) is 11.2. The van der Waals surface area contributed by atoms with E-state index in [9.17, 15) is 8.42 Å². The Bertz CT molecular complexity index is 615. The summed E-state index contributed by atoms with van der Waals surface area (Å²) in [6.07, 6.45) is 2.89. The fourth-order valence-corrected chi connectivity index (χ4v) is 4.19. The smallest absolute Gasteiger partial charge is 0.207 e. The first kappa shape index (κ1) is 14.0. The largest absolute Gasteiger partial charge is 0.242 e. The molecule has 1 atom stereocenters. The Labute approximate surface area is 114 Å². The van der Waals surface area contributed by atoms with E-state index in [0.717, 1.165) is 19.3 Å². The quantitative estimate of drug-likeness (QED) is 0.923. The summed E-state index contributed by atoms with van der Waals surface area (Å²) in [6.45, 7) is 4.15. The monoisotopic (exact) mass is 278 g/mol. The molecule has 0 aromatic heterocycles. The van der Waals surface area contributed by atoms with Crippen LogP contribution in [-0.4, -0.2) is 14.5 Å². The molecule has 1 N–H and O–H groups in total. The van der Waals surface area contributed by atoms with Crippen molar-refractivity contribution < 1.29 is 8.42 Å². The highest BCUT2D eigenvalue weighted by Crippen LogP contribution is 2.38. The van der Waals surface area contributed by atoms with Gasteiger partial charge in [-0.3, -0.25) is 0 Å². The van der Waals surface area contributed by atoms with Gasteiger partial charge in [-0.05, 0) is 30.4 Å². The second-order valence-electron chi connectivity index (χ2n) is 5.66. The van der Waals surface area contributed by atoms with E-state index in [0.29, 0.717) is 0 Å². The number of nitrogens with zero attached hydrogens (tertiary/aromatic N) is 1. The van der Waals surface area contributed by atoms with Gasteiger partial charge < -0.3 is 0 Å². The molecule has 0 aliphatic heterocycles. The number of hydrogen-bond donors (Lipinski definition) is 1. The number of nitrogens with one attached hydrogen (secondary N) is 1. The Morgan fingerprint density at radius 1 is 1.37 bits per heavy atom. The van der Waals surface area contributed by atoms with Gasteiger partial charge in [0.15, 0.2) is 0 Å². The summed E-state index contributed by atoms with van der Waals surface area (Å²) in [6, 6.07) is 8.16. The highest BCUT2D eigenvalue weighted by atomic mass is 32.2. The van der Waals surface area contributed by atoms with Gasteiger partial charge in [0, 0.05) is 6.04 Å². The van der Waals surface area contributed by atoms with E-state index < -0.39 is 10.0 Å². The molecule has 0 saturated heterocycles. The van der Waals surface area contributed by atoms with Gasteiger partial charge in [-0.2, -0.15) is 5.26 Å². The summed E-state index contributed by atoms with van der Waals surface area (Å²) >= 11 is 0. The van der Waals surface area contributed by atoms with Crippen LogP contribution >= 0.6 is 0 Å². The molecule has 1 aliphatic rings. The van der Waals surface area contributed by atoms with Crippen molar-refractivity contribution in [2.24, 2.45) is 5.41 Å². The average Bonchev–Trinajstić information content (AvgIpc) is 2.68. The van der Waals surface area contributed by atoms with Crippen LogP contribution in [0, 0.1) is 16.7 Å². The predicted octanol–water partition coefficient (Wildman–Crippen LogP) is 2.42. The third-order valence-corrected chi connectivity index (χ3v) is 5.38. The number of benzene rings is 1. The first-order chi connectivity index (χ1) is 8.87. The van der Waals surface area contributed by atoms with Crippen molar-refractivity contribution in [3.8, 4) is 6.07 Å². The summed E-state index contributed by atoms with van der Waals surface area (Å²) < 4.78 is 27.5. The van der Waals surface area contributed by atoms with E-state index in [4.69, 9.17) is 5.26 Å². The van der Waals surface area contributed by atoms with Crippen molar-refractivity contribution in [3.63, 3.8) is 0 Å². The van der Waals surface area contributed by atoms with Gasteiger partial charge in [0.25, 0.3) is 0 Å². The molecule has 4 nitrogen and oxygen atoms in total. The Morgan fingerprint density at radius 2 is 2.05 bits per heavy atom. The summed E-state index contributed by atoms with van der Waals surface area (Å²) in [5.41, 5.74) is 0.153. The van der Waals surface area contributed by atoms with E-state index in [-0.39, 0.29) is 21.9 Å². The summed E-state index contributed by atoms with van der Waals surface area (Å²) in [4.78, 5) is 0.0696. The maximum absolute atomic E-state index is 12.4. The molecule has 102 valence electrons. The molecule has 2 rings (SSSR count). The number of sulfonamides is 1.